The molecule has 1 aliphatic heterocycles. The molecule has 1 heterocycles. The normalized spacial score (nSPS) is 22.4. The lowest BCUT2D eigenvalue weighted by atomic mass is 10.0. The Morgan fingerprint density at radius 2 is 2.19 bits per heavy atom. The van der Waals surface area contributed by atoms with Crippen molar-refractivity contribution in [2.24, 2.45) is 5.73 Å². The van der Waals surface area contributed by atoms with Crippen LogP contribution < -0.4 is 11.1 Å². The van der Waals surface area contributed by atoms with Crippen molar-refractivity contribution >= 4 is 30.1 Å². The molecule has 1 aromatic carbocycles. The summed E-state index contributed by atoms with van der Waals surface area (Å²) in [5, 5.41) is 3.04. The van der Waals surface area contributed by atoms with Gasteiger partial charge in [0, 0.05) is 6.61 Å². The van der Waals surface area contributed by atoms with E-state index in [9.17, 15) is 4.79 Å². The van der Waals surface area contributed by atoms with Crippen LogP contribution in [0.3, 0.4) is 0 Å². The number of ether oxygens (including phenoxy) is 1. The van der Waals surface area contributed by atoms with Crippen LogP contribution in [0.15, 0.2) is 30.3 Å². The van der Waals surface area contributed by atoms with E-state index in [1.54, 1.807) is 11.8 Å². The van der Waals surface area contributed by atoms with Crippen LogP contribution in [0.5, 0.6) is 0 Å². The third-order valence-corrected chi connectivity index (χ3v) is 4.16. The zero-order valence-electron chi connectivity index (χ0n) is 12.2. The van der Waals surface area contributed by atoms with Gasteiger partial charge in [-0.05, 0) is 30.4 Å². The summed E-state index contributed by atoms with van der Waals surface area (Å²) in [7, 11) is 0. The smallest absolute Gasteiger partial charge is 0.237 e. The Kier molecular flexibility index (Phi) is 8.11. The van der Waals surface area contributed by atoms with Crippen molar-refractivity contribution in [3.8, 4) is 0 Å². The molecule has 0 bridgehead atoms. The summed E-state index contributed by atoms with van der Waals surface area (Å²) < 4.78 is 5.75. The van der Waals surface area contributed by atoms with Gasteiger partial charge in [0.1, 0.15) is 6.10 Å². The monoisotopic (exact) mass is 330 g/mol. The molecule has 3 N–H and O–H groups in total. The highest BCUT2D eigenvalue weighted by molar-refractivity contribution is 7.98. The molecule has 0 radical (unpaired) electrons. The second-order valence-corrected chi connectivity index (χ2v) is 5.98. The highest BCUT2D eigenvalue weighted by Gasteiger charge is 2.31. The number of amides is 1. The molecule has 1 fully saturated rings. The maximum absolute atomic E-state index is 12.1. The van der Waals surface area contributed by atoms with E-state index in [1.165, 1.54) is 0 Å². The Bertz CT molecular complexity index is 433. The number of hydrogen-bond acceptors (Lipinski definition) is 4. The van der Waals surface area contributed by atoms with E-state index in [2.05, 4.69) is 5.32 Å². The van der Waals surface area contributed by atoms with Crippen LogP contribution in [-0.2, 0) is 9.53 Å². The van der Waals surface area contributed by atoms with Gasteiger partial charge in [-0.3, -0.25) is 4.79 Å². The number of benzene rings is 1. The van der Waals surface area contributed by atoms with E-state index >= 15 is 0 Å². The first-order valence-corrected chi connectivity index (χ1v) is 8.33. The average Bonchev–Trinajstić information content (AvgIpc) is 2.93. The number of nitrogens with two attached hydrogens (primary N) is 1. The van der Waals surface area contributed by atoms with Crippen LogP contribution in [0.2, 0.25) is 0 Å². The van der Waals surface area contributed by atoms with E-state index in [1.807, 2.05) is 36.6 Å². The van der Waals surface area contributed by atoms with Gasteiger partial charge in [0.15, 0.2) is 0 Å². The number of thioether (sulfide) groups is 1. The molecule has 2 rings (SSSR count). The van der Waals surface area contributed by atoms with Gasteiger partial charge in [-0.15, -0.1) is 12.4 Å². The van der Waals surface area contributed by atoms with E-state index in [4.69, 9.17) is 10.5 Å². The molecule has 1 amide bonds. The standard InChI is InChI=1S/C15H22N2O2S.ClH/c1-20-10-8-12(16)15(18)17-13-7-9-19-14(13)11-5-3-2-4-6-11;/h2-6,12-14H,7-10,16H2,1H3,(H,17,18);1H/t12-,13?,14?;/m0./s1. The Hall–Kier alpha value is -0.750. The summed E-state index contributed by atoms with van der Waals surface area (Å²) in [6.07, 6.45) is 3.49. The van der Waals surface area contributed by atoms with Crippen molar-refractivity contribution in [2.75, 3.05) is 18.6 Å². The largest absolute Gasteiger partial charge is 0.371 e. The van der Waals surface area contributed by atoms with Crippen molar-refractivity contribution in [2.45, 2.75) is 31.0 Å². The van der Waals surface area contributed by atoms with Crippen molar-refractivity contribution in [3.05, 3.63) is 35.9 Å². The number of nitrogens with one attached hydrogen (secondary N) is 1. The lowest BCUT2D eigenvalue weighted by Crippen LogP contribution is -2.46. The maximum Gasteiger partial charge on any atom is 0.237 e. The summed E-state index contributed by atoms with van der Waals surface area (Å²) in [5.74, 6) is 0.827. The molecule has 118 valence electrons. The molecule has 0 saturated carbocycles. The average molecular weight is 331 g/mol. The summed E-state index contributed by atoms with van der Waals surface area (Å²) in [4.78, 5) is 12.1. The minimum Gasteiger partial charge on any atom is -0.371 e. The third kappa shape index (κ3) is 5.18. The minimum absolute atomic E-state index is 0. The molecule has 1 saturated heterocycles. The molecule has 21 heavy (non-hydrogen) atoms. The summed E-state index contributed by atoms with van der Waals surface area (Å²) in [6.45, 7) is 0.671. The van der Waals surface area contributed by atoms with Crippen LogP contribution in [-0.4, -0.2) is 36.6 Å². The number of carbonyl (C=O) groups is 1. The minimum atomic E-state index is -0.431. The zero-order chi connectivity index (χ0) is 14.4. The molecule has 1 aromatic rings. The summed E-state index contributed by atoms with van der Waals surface area (Å²) in [5.41, 5.74) is 7.00. The van der Waals surface area contributed by atoms with Crippen LogP contribution in [0.1, 0.15) is 24.5 Å². The first-order valence-electron chi connectivity index (χ1n) is 6.94. The zero-order valence-corrected chi connectivity index (χ0v) is 13.8. The van der Waals surface area contributed by atoms with E-state index < -0.39 is 6.04 Å². The second kappa shape index (κ2) is 9.30. The molecule has 6 heteroatoms. The van der Waals surface area contributed by atoms with Gasteiger partial charge in [0.05, 0.1) is 12.1 Å². The Morgan fingerprint density at radius 1 is 1.48 bits per heavy atom. The molecule has 3 atom stereocenters. The lowest BCUT2D eigenvalue weighted by Gasteiger charge is -2.22. The van der Waals surface area contributed by atoms with Crippen molar-refractivity contribution in [1.82, 2.24) is 5.32 Å². The predicted molar refractivity (Wildman–Crippen MR) is 89.9 cm³/mol. The Balaban J connectivity index is 0.00000220. The van der Waals surface area contributed by atoms with Crippen molar-refractivity contribution in [3.63, 3.8) is 0 Å². The summed E-state index contributed by atoms with van der Waals surface area (Å²) in [6, 6.07) is 9.60. The Morgan fingerprint density at radius 3 is 2.86 bits per heavy atom. The highest BCUT2D eigenvalue weighted by atomic mass is 35.5. The molecule has 1 aliphatic rings. The molecule has 2 unspecified atom stereocenters. The molecular weight excluding hydrogens is 308 g/mol. The van der Waals surface area contributed by atoms with Crippen LogP contribution in [0.25, 0.3) is 0 Å². The first kappa shape index (κ1) is 18.3. The van der Waals surface area contributed by atoms with Gasteiger partial charge >= 0.3 is 0 Å². The first-order chi connectivity index (χ1) is 9.72. The quantitative estimate of drug-likeness (QED) is 0.838. The molecule has 0 aromatic heterocycles. The van der Waals surface area contributed by atoms with Gasteiger partial charge in [0.25, 0.3) is 0 Å². The number of hydrogen-bond donors (Lipinski definition) is 2. The van der Waals surface area contributed by atoms with Gasteiger partial charge in [-0.1, -0.05) is 30.3 Å². The van der Waals surface area contributed by atoms with Gasteiger partial charge in [0.2, 0.25) is 5.91 Å². The van der Waals surface area contributed by atoms with Gasteiger partial charge in [-0.25, -0.2) is 0 Å². The Labute approximate surface area is 136 Å². The van der Waals surface area contributed by atoms with Crippen molar-refractivity contribution < 1.29 is 9.53 Å². The maximum atomic E-state index is 12.1. The van der Waals surface area contributed by atoms with Crippen LogP contribution in [0.4, 0.5) is 0 Å². The second-order valence-electron chi connectivity index (χ2n) is 4.99. The number of halogens is 1. The van der Waals surface area contributed by atoms with Crippen LogP contribution in [0, 0.1) is 0 Å². The summed E-state index contributed by atoms with van der Waals surface area (Å²) >= 11 is 1.70. The van der Waals surface area contributed by atoms with Crippen molar-refractivity contribution in [1.29, 1.82) is 0 Å². The van der Waals surface area contributed by atoms with Gasteiger partial charge < -0.3 is 15.8 Å². The van der Waals surface area contributed by atoms with Crippen LogP contribution >= 0.6 is 24.2 Å². The molecule has 0 spiro atoms. The van der Waals surface area contributed by atoms with E-state index in [0.29, 0.717) is 13.0 Å². The fourth-order valence-electron chi connectivity index (χ4n) is 2.37. The highest BCUT2D eigenvalue weighted by Crippen LogP contribution is 2.28. The SMILES string of the molecule is CSCC[C@H](N)C(=O)NC1CCOC1c1ccccc1.Cl. The molecule has 0 aliphatic carbocycles. The van der Waals surface area contributed by atoms with Gasteiger partial charge in [-0.2, -0.15) is 11.8 Å². The van der Waals surface area contributed by atoms with E-state index in [0.717, 1.165) is 17.7 Å². The predicted octanol–water partition coefficient (Wildman–Crippen LogP) is 2.13. The lowest BCUT2D eigenvalue weighted by molar-refractivity contribution is -0.123. The number of carbonyl (C=O) groups excluding carboxylic acids is 1. The molecular formula is C15H23ClN2O2S. The number of rotatable bonds is 6. The third-order valence-electron chi connectivity index (χ3n) is 3.52. The fourth-order valence-corrected chi connectivity index (χ4v) is 2.86. The fraction of sp³-hybridized carbons (Fsp3) is 0.533. The topological polar surface area (TPSA) is 64.4 Å². The van der Waals surface area contributed by atoms with E-state index in [-0.39, 0.29) is 30.5 Å². The molecule has 4 nitrogen and oxygen atoms in total.